The van der Waals surface area contributed by atoms with Crippen LogP contribution in [-0.4, -0.2) is 63.8 Å². The fourth-order valence-corrected chi connectivity index (χ4v) is 5.60. The number of aromatic carboxylic acids is 1. The second kappa shape index (κ2) is 11.0. The minimum absolute atomic E-state index is 0.113. The van der Waals surface area contributed by atoms with Gasteiger partial charge < -0.3 is 25.4 Å². The summed E-state index contributed by atoms with van der Waals surface area (Å²) in [5.41, 5.74) is 5.60. The van der Waals surface area contributed by atoms with Gasteiger partial charge in [0.1, 0.15) is 11.4 Å². The lowest BCUT2D eigenvalue weighted by molar-refractivity contribution is 0.0695. The zero-order chi connectivity index (χ0) is 28.5. The molecule has 1 fully saturated rings. The molecule has 3 N–H and O–H groups in total. The molecule has 11 nitrogen and oxygen atoms in total. The third-order valence-corrected chi connectivity index (χ3v) is 7.82. The van der Waals surface area contributed by atoms with E-state index in [-0.39, 0.29) is 23.0 Å². The van der Waals surface area contributed by atoms with Crippen molar-refractivity contribution in [3.8, 4) is 0 Å². The highest BCUT2D eigenvalue weighted by molar-refractivity contribution is 5.98. The van der Waals surface area contributed by atoms with Crippen LogP contribution in [0.25, 0.3) is 5.65 Å². The summed E-state index contributed by atoms with van der Waals surface area (Å²) >= 11 is 0. The van der Waals surface area contributed by atoms with Crippen LogP contribution >= 0.6 is 0 Å². The van der Waals surface area contributed by atoms with E-state index in [4.69, 9.17) is 4.74 Å². The molecule has 3 heterocycles. The minimum Gasteiger partial charge on any atom is -0.478 e. The predicted octanol–water partition coefficient (Wildman–Crippen LogP) is 2.92. The highest BCUT2D eigenvalue weighted by Gasteiger charge is 2.29. The first-order valence-electron chi connectivity index (χ1n) is 13.6. The van der Waals surface area contributed by atoms with Crippen LogP contribution in [0.1, 0.15) is 66.1 Å². The number of nitrogens with zero attached hydrogens (tertiary/aromatic N) is 4. The number of fused-ring (bicyclic) bond motifs is 2. The Morgan fingerprint density at radius 1 is 1.05 bits per heavy atom. The van der Waals surface area contributed by atoms with Crippen molar-refractivity contribution in [3.05, 3.63) is 93.9 Å². The zero-order valence-electron chi connectivity index (χ0n) is 22.6. The number of carboxylic acid groups (broad SMARTS) is 1. The lowest BCUT2D eigenvalue weighted by Gasteiger charge is -2.28. The lowest BCUT2D eigenvalue weighted by atomic mass is 9.98. The number of benzene rings is 2. The summed E-state index contributed by atoms with van der Waals surface area (Å²) in [6.07, 6.45) is 2.84. The molecule has 1 aliphatic carbocycles. The first-order chi connectivity index (χ1) is 19.9. The molecule has 2 aromatic carbocycles. The van der Waals surface area contributed by atoms with E-state index in [1.165, 1.54) is 16.8 Å². The van der Waals surface area contributed by atoms with Gasteiger partial charge in [-0.2, -0.15) is 5.10 Å². The quantitative estimate of drug-likeness (QED) is 0.317. The molecule has 4 aromatic rings. The first-order valence-corrected chi connectivity index (χ1v) is 13.6. The van der Waals surface area contributed by atoms with Gasteiger partial charge >= 0.3 is 5.97 Å². The Bertz CT molecular complexity index is 1640. The maximum atomic E-state index is 13.5. The van der Waals surface area contributed by atoms with Crippen LogP contribution in [0.15, 0.2) is 54.7 Å². The highest BCUT2D eigenvalue weighted by atomic mass is 16.5. The fraction of sp³-hybridized carbons (Fsp3) is 0.300. The van der Waals surface area contributed by atoms with Gasteiger partial charge in [0, 0.05) is 37.5 Å². The van der Waals surface area contributed by atoms with Gasteiger partial charge in [-0.3, -0.25) is 9.59 Å². The van der Waals surface area contributed by atoms with E-state index in [0.717, 1.165) is 41.0 Å². The Balaban J connectivity index is 1.16. The summed E-state index contributed by atoms with van der Waals surface area (Å²) in [5, 5.41) is 19.6. The Kier molecular flexibility index (Phi) is 7.10. The number of nitrogens with one attached hydrogen (secondary N) is 2. The first kappa shape index (κ1) is 26.5. The van der Waals surface area contributed by atoms with Gasteiger partial charge in [-0.15, -0.1) is 0 Å². The molecule has 0 saturated carbocycles. The predicted molar refractivity (Wildman–Crippen MR) is 150 cm³/mol. The molecule has 1 aliphatic heterocycles. The van der Waals surface area contributed by atoms with E-state index >= 15 is 0 Å². The van der Waals surface area contributed by atoms with Crippen molar-refractivity contribution >= 4 is 29.1 Å². The SMILES string of the molecule is Cc1c(C(=O)O)ccc2c1CC[C@@H]2NC(=O)c1cc(C(=O)NCc2ccc(N3CCOCC3)cc2)nc2ccnn12. The maximum absolute atomic E-state index is 13.5. The third kappa shape index (κ3) is 5.23. The Morgan fingerprint density at radius 3 is 2.59 bits per heavy atom. The smallest absolute Gasteiger partial charge is 0.335 e. The van der Waals surface area contributed by atoms with Gasteiger partial charge in [0.15, 0.2) is 5.65 Å². The topological polar surface area (TPSA) is 138 Å². The number of morpholine rings is 1. The number of rotatable bonds is 7. The molecule has 0 bridgehead atoms. The summed E-state index contributed by atoms with van der Waals surface area (Å²) in [6.45, 7) is 5.25. The summed E-state index contributed by atoms with van der Waals surface area (Å²) < 4.78 is 6.82. The number of ether oxygens (including phenoxy) is 1. The van der Waals surface area contributed by atoms with E-state index < -0.39 is 17.8 Å². The van der Waals surface area contributed by atoms with Crippen LogP contribution in [0, 0.1) is 6.92 Å². The standard InChI is InChI=1S/C30H30N6O5/c1-18-21-8-9-24(23(21)7-6-22(18)30(39)40)34-29(38)26-16-25(33-27-10-11-32-36(26)27)28(37)31-17-19-2-4-20(5-3-19)35-12-14-41-15-13-35/h2-7,10-11,16,24H,8-9,12-15,17H2,1H3,(H,31,37)(H,34,38)(H,39,40)/t24-/m0/s1. The van der Waals surface area contributed by atoms with Crippen molar-refractivity contribution in [1.29, 1.82) is 0 Å². The number of aromatic nitrogens is 3. The summed E-state index contributed by atoms with van der Waals surface area (Å²) in [4.78, 5) is 44.8. The van der Waals surface area contributed by atoms with Crippen molar-refractivity contribution in [2.45, 2.75) is 32.4 Å². The normalized spacial score (nSPS) is 16.4. The van der Waals surface area contributed by atoms with Gasteiger partial charge in [0.05, 0.1) is 31.0 Å². The molecular formula is C30H30N6O5. The van der Waals surface area contributed by atoms with Crippen LogP contribution < -0.4 is 15.5 Å². The van der Waals surface area contributed by atoms with Crippen molar-refractivity contribution in [2.24, 2.45) is 0 Å². The Morgan fingerprint density at radius 2 is 1.83 bits per heavy atom. The van der Waals surface area contributed by atoms with Crippen LogP contribution in [-0.2, 0) is 17.7 Å². The van der Waals surface area contributed by atoms with E-state index in [0.29, 0.717) is 38.2 Å². The lowest BCUT2D eigenvalue weighted by Crippen LogP contribution is -2.36. The van der Waals surface area contributed by atoms with Crippen molar-refractivity contribution in [2.75, 3.05) is 31.2 Å². The number of carbonyl (C=O) groups is 3. The van der Waals surface area contributed by atoms with Gasteiger partial charge in [-0.25, -0.2) is 14.3 Å². The largest absolute Gasteiger partial charge is 0.478 e. The average Bonchev–Trinajstić information content (AvgIpc) is 3.64. The Hall–Kier alpha value is -4.77. The summed E-state index contributed by atoms with van der Waals surface area (Å²) in [6, 6.07) is 14.2. The number of carbonyl (C=O) groups excluding carboxylic acids is 2. The van der Waals surface area contributed by atoms with Gasteiger partial charge in [0.25, 0.3) is 11.8 Å². The average molecular weight is 555 g/mol. The van der Waals surface area contributed by atoms with Crippen molar-refractivity contribution in [1.82, 2.24) is 25.2 Å². The molecule has 2 aliphatic rings. The van der Waals surface area contributed by atoms with E-state index in [1.54, 1.807) is 25.1 Å². The fourth-order valence-electron chi connectivity index (χ4n) is 5.60. The molecule has 1 saturated heterocycles. The Labute approximate surface area is 236 Å². The second-order valence-corrected chi connectivity index (χ2v) is 10.3. The molecule has 11 heteroatoms. The van der Waals surface area contributed by atoms with Crippen molar-refractivity contribution < 1.29 is 24.2 Å². The molecule has 0 spiro atoms. The molecule has 0 radical (unpaired) electrons. The van der Waals surface area contributed by atoms with Crippen LogP contribution in [0.5, 0.6) is 0 Å². The minimum atomic E-state index is -0.966. The number of amides is 2. The monoisotopic (exact) mass is 554 g/mol. The number of carboxylic acids is 1. The number of hydrogen-bond acceptors (Lipinski definition) is 7. The van der Waals surface area contributed by atoms with Crippen LogP contribution in [0.3, 0.4) is 0 Å². The van der Waals surface area contributed by atoms with Crippen molar-refractivity contribution in [3.63, 3.8) is 0 Å². The number of hydrogen-bond donors (Lipinski definition) is 3. The van der Waals surface area contributed by atoms with Gasteiger partial charge in [-0.1, -0.05) is 18.2 Å². The van der Waals surface area contributed by atoms with E-state index in [2.05, 4.69) is 25.6 Å². The van der Waals surface area contributed by atoms with E-state index in [1.807, 2.05) is 24.3 Å². The molecule has 2 amide bonds. The van der Waals surface area contributed by atoms with Gasteiger partial charge in [-0.05, 0) is 60.2 Å². The van der Waals surface area contributed by atoms with Crippen LogP contribution in [0.2, 0.25) is 0 Å². The second-order valence-electron chi connectivity index (χ2n) is 10.3. The molecule has 41 heavy (non-hydrogen) atoms. The molecule has 0 unspecified atom stereocenters. The molecule has 210 valence electrons. The zero-order valence-corrected chi connectivity index (χ0v) is 22.6. The highest BCUT2D eigenvalue weighted by Crippen LogP contribution is 2.35. The molecular weight excluding hydrogens is 524 g/mol. The molecule has 1 atom stereocenters. The maximum Gasteiger partial charge on any atom is 0.335 e. The summed E-state index contributed by atoms with van der Waals surface area (Å²) in [5.74, 6) is -1.76. The van der Waals surface area contributed by atoms with Gasteiger partial charge in [0.2, 0.25) is 0 Å². The summed E-state index contributed by atoms with van der Waals surface area (Å²) in [7, 11) is 0. The molecule has 6 rings (SSSR count). The third-order valence-electron chi connectivity index (χ3n) is 7.82. The number of anilines is 1. The molecule has 2 aromatic heterocycles. The van der Waals surface area contributed by atoms with E-state index in [9.17, 15) is 19.5 Å². The van der Waals surface area contributed by atoms with Crippen LogP contribution in [0.4, 0.5) is 5.69 Å².